The van der Waals surface area contributed by atoms with Gasteiger partial charge in [-0.05, 0) is 30.9 Å². The molecule has 0 bridgehead atoms. The van der Waals surface area contributed by atoms with Crippen LogP contribution >= 0.6 is 11.8 Å². The molecule has 90 valence electrons. The predicted octanol–water partition coefficient (Wildman–Crippen LogP) is 1.98. The number of benzene rings is 1. The molecular formula is C13H22N2S. The Morgan fingerprint density at radius 3 is 2.50 bits per heavy atom. The molecule has 0 saturated carbocycles. The first-order valence-corrected chi connectivity index (χ1v) is 7.11. The number of hydrogen-bond acceptors (Lipinski definition) is 3. The summed E-state index contributed by atoms with van der Waals surface area (Å²) < 4.78 is 0. The Bertz CT molecular complexity index is 302. The molecule has 16 heavy (non-hydrogen) atoms. The Morgan fingerprint density at radius 2 is 1.88 bits per heavy atom. The topological polar surface area (TPSA) is 29.3 Å². The lowest BCUT2D eigenvalue weighted by atomic mass is 10.0. The van der Waals surface area contributed by atoms with Crippen molar-refractivity contribution in [2.75, 3.05) is 32.1 Å². The number of nitrogens with two attached hydrogens (primary N) is 1. The van der Waals surface area contributed by atoms with E-state index < -0.39 is 0 Å². The average Bonchev–Trinajstić information content (AvgIpc) is 2.34. The highest BCUT2D eigenvalue weighted by Crippen LogP contribution is 2.09. The summed E-state index contributed by atoms with van der Waals surface area (Å²) in [7, 11) is 2.18. The van der Waals surface area contributed by atoms with E-state index >= 15 is 0 Å². The highest BCUT2D eigenvalue weighted by Gasteiger charge is 2.02. The van der Waals surface area contributed by atoms with Gasteiger partial charge in [0.25, 0.3) is 0 Å². The van der Waals surface area contributed by atoms with Crippen LogP contribution in [0.15, 0.2) is 24.3 Å². The molecule has 0 saturated heterocycles. The van der Waals surface area contributed by atoms with Crippen molar-refractivity contribution in [1.29, 1.82) is 0 Å². The molecule has 1 rings (SSSR count). The molecule has 0 heterocycles. The zero-order valence-electron chi connectivity index (χ0n) is 10.3. The second-order valence-corrected chi connectivity index (χ2v) is 5.00. The van der Waals surface area contributed by atoms with Gasteiger partial charge in [-0.2, -0.15) is 11.8 Å². The van der Waals surface area contributed by atoms with Gasteiger partial charge >= 0.3 is 0 Å². The average molecular weight is 238 g/mol. The van der Waals surface area contributed by atoms with Gasteiger partial charge in [-0.3, -0.25) is 0 Å². The van der Waals surface area contributed by atoms with E-state index in [0.717, 1.165) is 19.5 Å². The van der Waals surface area contributed by atoms with Gasteiger partial charge < -0.3 is 10.6 Å². The van der Waals surface area contributed by atoms with Crippen molar-refractivity contribution in [2.24, 2.45) is 5.73 Å². The van der Waals surface area contributed by atoms with Crippen molar-refractivity contribution in [1.82, 2.24) is 4.90 Å². The number of thioether (sulfide) groups is 1. The maximum Gasteiger partial charge on any atom is 0.0180 e. The fraction of sp³-hybridized carbons (Fsp3) is 0.538. The van der Waals surface area contributed by atoms with Gasteiger partial charge in [-0.25, -0.2) is 0 Å². The predicted molar refractivity (Wildman–Crippen MR) is 73.9 cm³/mol. The van der Waals surface area contributed by atoms with Crippen LogP contribution in [0.3, 0.4) is 0 Å². The molecule has 0 aliphatic heterocycles. The summed E-state index contributed by atoms with van der Waals surface area (Å²) in [5, 5.41) is 0. The standard InChI is InChI=1S/C13H22N2S/c1-15(9-10-16-2)8-7-12-5-3-4-6-13(12)11-14/h3-6H,7-11,14H2,1-2H3. The molecule has 0 aliphatic carbocycles. The number of hydrogen-bond donors (Lipinski definition) is 1. The summed E-state index contributed by atoms with van der Waals surface area (Å²) in [4.78, 5) is 2.38. The van der Waals surface area contributed by atoms with Crippen molar-refractivity contribution in [3.8, 4) is 0 Å². The summed E-state index contributed by atoms with van der Waals surface area (Å²) in [5.41, 5.74) is 8.39. The van der Waals surface area contributed by atoms with E-state index in [2.05, 4.69) is 42.5 Å². The second-order valence-electron chi connectivity index (χ2n) is 4.02. The van der Waals surface area contributed by atoms with Crippen molar-refractivity contribution in [2.45, 2.75) is 13.0 Å². The summed E-state index contributed by atoms with van der Waals surface area (Å²) >= 11 is 1.90. The van der Waals surface area contributed by atoms with Crippen LogP contribution in [0.1, 0.15) is 11.1 Å². The highest BCUT2D eigenvalue weighted by molar-refractivity contribution is 7.98. The van der Waals surface area contributed by atoms with E-state index in [4.69, 9.17) is 5.73 Å². The molecule has 0 unspecified atom stereocenters. The molecule has 3 heteroatoms. The maximum atomic E-state index is 5.72. The molecular weight excluding hydrogens is 216 g/mol. The first-order chi connectivity index (χ1) is 7.77. The third-order valence-electron chi connectivity index (χ3n) is 2.78. The van der Waals surface area contributed by atoms with Gasteiger partial charge in [-0.1, -0.05) is 24.3 Å². The van der Waals surface area contributed by atoms with Crippen molar-refractivity contribution < 1.29 is 0 Å². The van der Waals surface area contributed by atoms with E-state index in [-0.39, 0.29) is 0 Å². The molecule has 0 fully saturated rings. The molecule has 2 N–H and O–H groups in total. The number of likely N-dealkylation sites (N-methyl/N-ethyl adjacent to an activating group) is 1. The molecule has 1 aromatic carbocycles. The second kappa shape index (κ2) is 7.71. The Kier molecular flexibility index (Phi) is 6.53. The molecule has 0 amide bonds. The van der Waals surface area contributed by atoms with Gasteiger partial charge in [0.2, 0.25) is 0 Å². The molecule has 0 atom stereocenters. The van der Waals surface area contributed by atoms with Gasteiger partial charge in [0.15, 0.2) is 0 Å². The molecule has 0 spiro atoms. The van der Waals surface area contributed by atoms with Crippen LogP contribution in [0.4, 0.5) is 0 Å². The fourth-order valence-electron chi connectivity index (χ4n) is 1.67. The minimum Gasteiger partial charge on any atom is -0.326 e. The highest BCUT2D eigenvalue weighted by atomic mass is 32.2. The first-order valence-electron chi connectivity index (χ1n) is 5.72. The largest absolute Gasteiger partial charge is 0.326 e. The molecule has 0 aliphatic rings. The van der Waals surface area contributed by atoms with E-state index in [1.54, 1.807) is 0 Å². The Morgan fingerprint density at radius 1 is 1.19 bits per heavy atom. The molecule has 2 nitrogen and oxygen atoms in total. The maximum absolute atomic E-state index is 5.72. The van der Waals surface area contributed by atoms with Crippen LogP contribution in [0.2, 0.25) is 0 Å². The van der Waals surface area contributed by atoms with E-state index in [0.29, 0.717) is 6.54 Å². The number of rotatable bonds is 7. The molecule has 0 aromatic heterocycles. The third kappa shape index (κ3) is 4.56. The minimum atomic E-state index is 0.644. The number of nitrogens with zero attached hydrogens (tertiary/aromatic N) is 1. The normalized spacial score (nSPS) is 11.0. The van der Waals surface area contributed by atoms with Gasteiger partial charge in [0, 0.05) is 25.4 Å². The van der Waals surface area contributed by atoms with Crippen molar-refractivity contribution in [3.05, 3.63) is 35.4 Å². The zero-order chi connectivity index (χ0) is 11.8. The smallest absolute Gasteiger partial charge is 0.0180 e. The lowest BCUT2D eigenvalue weighted by Crippen LogP contribution is -2.24. The van der Waals surface area contributed by atoms with Crippen LogP contribution in [0, 0.1) is 0 Å². The summed E-state index contributed by atoms with van der Waals surface area (Å²) in [6, 6.07) is 8.46. The first kappa shape index (κ1) is 13.6. The monoisotopic (exact) mass is 238 g/mol. The lowest BCUT2D eigenvalue weighted by molar-refractivity contribution is 0.360. The van der Waals surface area contributed by atoms with Crippen molar-refractivity contribution in [3.63, 3.8) is 0 Å². The summed E-state index contributed by atoms with van der Waals surface area (Å²) in [6.07, 6.45) is 3.25. The van der Waals surface area contributed by atoms with E-state index in [1.807, 2.05) is 11.8 Å². The Balaban J connectivity index is 2.41. The fourth-order valence-corrected chi connectivity index (χ4v) is 2.17. The third-order valence-corrected chi connectivity index (χ3v) is 3.37. The summed E-state index contributed by atoms with van der Waals surface area (Å²) in [6.45, 7) is 2.91. The molecule has 0 radical (unpaired) electrons. The SMILES string of the molecule is CSCCN(C)CCc1ccccc1CN. The van der Waals surface area contributed by atoms with Crippen LogP contribution in [0.5, 0.6) is 0 Å². The summed E-state index contributed by atoms with van der Waals surface area (Å²) in [5.74, 6) is 1.20. The van der Waals surface area contributed by atoms with Crippen molar-refractivity contribution >= 4 is 11.8 Å². The van der Waals surface area contributed by atoms with E-state index in [9.17, 15) is 0 Å². The Hall–Kier alpha value is -0.510. The van der Waals surface area contributed by atoms with Gasteiger partial charge in [-0.15, -0.1) is 0 Å². The lowest BCUT2D eigenvalue weighted by Gasteiger charge is -2.16. The quantitative estimate of drug-likeness (QED) is 0.787. The van der Waals surface area contributed by atoms with Crippen LogP contribution < -0.4 is 5.73 Å². The van der Waals surface area contributed by atoms with Gasteiger partial charge in [0.1, 0.15) is 0 Å². The van der Waals surface area contributed by atoms with Crippen LogP contribution in [0.25, 0.3) is 0 Å². The zero-order valence-corrected chi connectivity index (χ0v) is 11.1. The molecule has 1 aromatic rings. The van der Waals surface area contributed by atoms with Crippen LogP contribution in [-0.2, 0) is 13.0 Å². The minimum absolute atomic E-state index is 0.644. The van der Waals surface area contributed by atoms with E-state index in [1.165, 1.54) is 16.9 Å². The van der Waals surface area contributed by atoms with Gasteiger partial charge in [0.05, 0.1) is 0 Å². The Labute approximate surface area is 103 Å². The van der Waals surface area contributed by atoms with Crippen LogP contribution in [-0.4, -0.2) is 37.0 Å².